The molecule has 3 aromatic heterocycles. The highest BCUT2D eigenvalue weighted by Gasteiger charge is 2.25. The van der Waals surface area contributed by atoms with Crippen molar-refractivity contribution in [3.05, 3.63) is 59.6 Å². The first-order valence-corrected chi connectivity index (χ1v) is 12.9. The van der Waals surface area contributed by atoms with Crippen LogP contribution in [0.5, 0.6) is 0 Å². The van der Waals surface area contributed by atoms with Gasteiger partial charge in [0.15, 0.2) is 5.82 Å². The Hall–Kier alpha value is -3.70. The van der Waals surface area contributed by atoms with Crippen LogP contribution in [0.4, 0.5) is 21.0 Å². The molecule has 5 rings (SSSR count). The molecule has 192 valence electrons. The van der Waals surface area contributed by atoms with Crippen LogP contribution in [0, 0.1) is 5.82 Å². The number of anilines is 2. The van der Waals surface area contributed by atoms with Crippen LogP contribution in [-0.4, -0.2) is 67.6 Å². The summed E-state index contributed by atoms with van der Waals surface area (Å²) in [4.78, 5) is 33.5. The van der Waals surface area contributed by atoms with Crippen molar-refractivity contribution in [3.8, 4) is 11.3 Å². The van der Waals surface area contributed by atoms with Crippen molar-refractivity contribution in [2.45, 2.75) is 32.9 Å². The minimum atomic E-state index is -0.496. The summed E-state index contributed by atoms with van der Waals surface area (Å²) in [7, 11) is 0. The molecule has 1 aliphatic rings. The topological polar surface area (TPSA) is 96.4 Å². The monoisotopic (exact) mass is 521 g/mol. The highest BCUT2D eigenvalue weighted by Crippen LogP contribution is 2.27. The molecule has 4 heterocycles. The summed E-state index contributed by atoms with van der Waals surface area (Å²) >= 11 is 1.50. The van der Waals surface area contributed by atoms with Crippen LogP contribution < -0.4 is 5.32 Å². The van der Waals surface area contributed by atoms with Crippen molar-refractivity contribution >= 4 is 39.4 Å². The Morgan fingerprint density at radius 1 is 1.08 bits per heavy atom. The highest BCUT2D eigenvalue weighted by atomic mass is 32.1. The lowest BCUT2D eigenvalue weighted by molar-refractivity contribution is 0.0139. The molecule has 1 aromatic carbocycles. The van der Waals surface area contributed by atoms with E-state index >= 15 is 0 Å². The minimum absolute atomic E-state index is 0.218. The number of piperazine rings is 1. The first-order chi connectivity index (χ1) is 17.7. The predicted octanol–water partition coefficient (Wildman–Crippen LogP) is 5.08. The molecule has 1 N–H and O–H groups in total. The number of halogens is 1. The van der Waals surface area contributed by atoms with Crippen molar-refractivity contribution in [2.24, 2.45) is 0 Å². The van der Waals surface area contributed by atoms with Crippen LogP contribution in [0.15, 0.2) is 48.2 Å². The van der Waals surface area contributed by atoms with Crippen molar-refractivity contribution in [3.63, 3.8) is 0 Å². The summed E-state index contributed by atoms with van der Waals surface area (Å²) in [5.41, 5.74) is 4.07. The van der Waals surface area contributed by atoms with Crippen LogP contribution >= 0.6 is 11.3 Å². The number of fused-ring (bicyclic) bond motifs is 1. The fourth-order valence-corrected chi connectivity index (χ4v) is 4.73. The summed E-state index contributed by atoms with van der Waals surface area (Å²) < 4.78 is 21.0. The standard InChI is InChI=1S/C26H28FN7O2S/c1-26(2,3)36-25(35)34-10-8-33(9-11-34)15-17-4-7-22(28-13-17)31-24-29-14-19(27)23(32-24)18-5-6-20-21(12-18)37-16-30-20/h4-7,12-14,16H,8-11,15H2,1-3H3,(H,28,29,31,32). The van der Waals surface area contributed by atoms with E-state index in [4.69, 9.17) is 4.74 Å². The molecule has 0 unspecified atom stereocenters. The van der Waals surface area contributed by atoms with E-state index in [0.29, 0.717) is 24.5 Å². The Balaban J connectivity index is 1.19. The fourth-order valence-electron chi connectivity index (χ4n) is 4.01. The molecule has 1 saturated heterocycles. The number of rotatable bonds is 5. The zero-order chi connectivity index (χ0) is 26.0. The molecule has 1 aliphatic heterocycles. The van der Waals surface area contributed by atoms with Gasteiger partial charge in [0.2, 0.25) is 5.95 Å². The van der Waals surface area contributed by atoms with E-state index < -0.39 is 11.4 Å². The normalized spacial score (nSPS) is 14.6. The molecule has 0 atom stereocenters. The first-order valence-electron chi connectivity index (χ1n) is 12.0. The molecule has 0 radical (unpaired) electrons. The Morgan fingerprint density at radius 3 is 2.62 bits per heavy atom. The number of nitrogens with zero attached hydrogens (tertiary/aromatic N) is 6. The fraction of sp³-hybridized carbons (Fsp3) is 0.346. The van der Waals surface area contributed by atoms with Crippen molar-refractivity contribution in [2.75, 3.05) is 31.5 Å². The summed E-state index contributed by atoms with van der Waals surface area (Å²) in [6.45, 7) is 9.12. The van der Waals surface area contributed by atoms with Gasteiger partial charge in [-0.25, -0.2) is 29.1 Å². The van der Waals surface area contributed by atoms with Gasteiger partial charge in [-0.05, 0) is 44.5 Å². The zero-order valence-corrected chi connectivity index (χ0v) is 21.8. The molecule has 0 bridgehead atoms. The number of ether oxygens (including phenoxy) is 1. The van der Waals surface area contributed by atoms with E-state index in [1.165, 1.54) is 11.3 Å². The molecular formula is C26H28FN7O2S. The molecule has 1 amide bonds. The SMILES string of the molecule is CC(C)(C)OC(=O)N1CCN(Cc2ccc(Nc3ncc(F)c(-c4ccc5ncsc5c4)n3)nc2)CC1. The van der Waals surface area contributed by atoms with Crippen LogP contribution in [-0.2, 0) is 11.3 Å². The van der Waals surface area contributed by atoms with E-state index in [1.807, 2.05) is 45.0 Å². The number of benzene rings is 1. The van der Waals surface area contributed by atoms with Gasteiger partial charge in [0.25, 0.3) is 0 Å². The number of aromatic nitrogens is 4. The lowest BCUT2D eigenvalue weighted by Gasteiger charge is -2.35. The summed E-state index contributed by atoms with van der Waals surface area (Å²) in [6.07, 6.45) is 2.69. The molecule has 0 aliphatic carbocycles. The maximum absolute atomic E-state index is 14.5. The largest absolute Gasteiger partial charge is 0.444 e. The number of carbonyl (C=O) groups is 1. The van der Waals surface area contributed by atoms with Gasteiger partial charge in [0.05, 0.1) is 21.9 Å². The third-order valence-electron chi connectivity index (χ3n) is 5.84. The van der Waals surface area contributed by atoms with Gasteiger partial charge in [0.1, 0.15) is 17.1 Å². The smallest absolute Gasteiger partial charge is 0.410 e. The summed E-state index contributed by atoms with van der Waals surface area (Å²) in [6, 6.07) is 9.37. The number of hydrogen-bond acceptors (Lipinski definition) is 9. The average molecular weight is 522 g/mol. The lowest BCUT2D eigenvalue weighted by Crippen LogP contribution is -2.49. The van der Waals surface area contributed by atoms with Crippen LogP contribution in [0.3, 0.4) is 0 Å². The number of pyridine rings is 1. The van der Waals surface area contributed by atoms with Gasteiger partial charge in [-0.3, -0.25) is 4.90 Å². The van der Waals surface area contributed by atoms with E-state index in [1.54, 1.807) is 22.7 Å². The number of amides is 1. The molecule has 37 heavy (non-hydrogen) atoms. The molecule has 9 nitrogen and oxygen atoms in total. The molecule has 4 aromatic rings. The second kappa shape index (κ2) is 10.3. The lowest BCUT2D eigenvalue weighted by atomic mass is 10.1. The van der Waals surface area contributed by atoms with E-state index in [2.05, 4.69) is 30.2 Å². The summed E-state index contributed by atoms with van der Waals surface area (Å²) in [5, 5.41) is 3.06. The van der Waals surface area contributed by atoms with Gasteiger partial charge < -0.3 is 15.0 Å². The number of carbonyl (C=O) groups excluding carboxylic acids is 1. The molecule has 11 heteroatoms. The van der Waals surface area contributed by atoms with E-state index in [9.17, 15) is 9.18 Å². The summed E-state index contributed by atoms with van der Waals surface area (Å²) in [5.74, 6) is 0.331. The molecular weight excluding hydrogens is 493 g/mol. The number of thiazole rings is 1. The Bertz CT molecular complexity index is 1400. The van der Waals surface area contributed by atoms with Crippen LogP contribution in [0.25, 0.3) is 21.5 Å². The van der Waals surface area contributed by atoms with E-state index in [-0.39, 0.29) is 17.7 Å². The highest BCUT2D eigenvalue weighted by molar-refractivity contribution is 7.16. The van der Waals surface area contributed by atoms with Gasteiger partial charge >= 0.3 is 6.09 Å². The van der Waals surface area contributed by atoms with Gasteiger partial charge in [-0.15, -0.1) is 11.3 Å². The zero-order valence-electron chi connectivity index (χ0n) is 20.9. The molecule has 0 saturated carbocycles. The third kappa shape index (κ3) is 6.17. The maximum Gasteiger partial charge on any atom is 0.410 e. The van der Waals surface area contributed by atoms with Crippen molar-refractivity contribution in [1.82, 2.24) is 29.7 Å². The quantitative estimate of drug-likeness (QED) is 0.388. The minimum Gasteiger partial charge on any atom is -0.444 e. The van der Waals surface area contributed by atoms with Crippen molar-refractivity contribution < 1.29 is 13.9 Å². The Kier molecular flexibility index (Phi) is 6.98. The van der Waals surface area contributed by atoms with Gasteiger partial charge in [0, 0.05) is 44.5 Å². The number of hydrogen-bond donors (Lipinski definition) is 1. The predicted molar refractivity (Wildman–Crippen MR) is 141 cm³/mol. The van der Waals surface area contributed by atoms with Crippen molar-refractivity contribution in [1.29, 1.82) is 0 Å². The number of nitrogens with one attached hydrogen (secondary N) is 1. The second-order valence-corrected chi connectivity index (χ2v) is 10.7. The third-order valence-corrected chi connectivity index (χ3v) is 6.64. The molecule has 0 spiro atoms. The van der Waals surface area contributed by atoms with Crippen LogP contribution in [0.2, 0.25) is 0 Å². The average Bonchev–Trinajstić information content (AvgIpc) is 3.34. The maximum atomic E-state index is 14.5. The van der Waals surface area contributed by atoms with Gasteiger partial charge in [-0.2, -0.15) is 0 Å². The van der Waals surface area contributed by atoms with E-state index in [0.717, 1.165) is 41.6 Å². The molecule has 1 fully saturated rings. The Labute approximate surface area is 218 Å². The Morgan fingerprint density at radius 2 is 1.89 bits per heavy atom. The first kappa shape index (κ1) is 25.0. The van der Waals surface area contributed by atoms with Crippen LogP contribution in [0.1, 0.15) is 26.3 Å². The second-order valence-electron chi connectivity index (χ2n) is 9.85. The van der Waals surface area contributed by atoms with Gasteiger partial charge in [-0.1, -0.05) is 12.1 Å².